The molecule has 9 heteroatoms. The normalized spacial score (nSPS) is 11.5. The second kappa shape index (κ2) is 7.94. The van der Waals surface area contributed by atoms with Crippen molar-refractivity contribution in [1.82, 2.24) is 24.4 Å². The number of carbonyl (C=O) groups excluding carboxylic acids is 1. The van der Waals surface area contributed by atoms with Crippen molar-refractivity contribution < 1.29 is 19.4 Å². The molecule has 0 saturated carbocycles. The Hall–Kier alpha value is -3.36. The number of benzene rings is 1. The summed E-state index contributed by atoms with van der Waals surface area (Å²) in [7, 11) is 3.20. The minimum absolute atomic E-state index is 0.0845. The molecule has 0 spiro atoms. The van der Waals surface area contributed by atoms with E-state index >= 15 is 0 Å². The van der Waals surface area contributed by atoms with Gasteiger partial charge in [-0.25, -0.2) is 14.8 Å². The van der Waals surface area contributed by atoms with Crippen LogP contribution in [0.4, 0.5) is 4.79 Å². The number of imidazole rings is 1. The highest BCUT2D eigenvalue weighted by Crippen LogP contribution is 2.23. The first-order chi connectivity index (χ1) is 13.7. The fourth-order valence-corrected chi connectivity index (χ4v) is 2.78. The van der Waals surface area contributed by atoms with Gasteiger partial charge in [-0.1, -0.05) is 12.1 Å². The molecular formula is C20H25N5O4. The summed E-state index contributed by atoms with van der Waals surface area (Å²) in [4.78, 5) is 26.3. The van der Waals surface area contributed by atoms with Gasteiger partial charge in [0.25, 0.3) is 0 Å². The quantitative estimate of drug-likeness (QED) is 0.703. The summed E-state index contributed by atoms with van der Waals surface area (Å²) in [5.41, 5.74) is 1.17. The lowest BCUT2D eigenvalue weighted by Gasteiger charge is -2.24. The molecule has 0 aliphatic rings. The molecule has 0 aliphatic carbocycles. The van der Waals surface area contributed by atoms with Gasteiger partial charge in [-0.2, -0.15) is 4.98 Å². The predicted octanol–water partition coefficient (Wildman–Crippen LogP) is 2.96. The zero-order valence-corrected chi connectivity index (χ0v) is 17.2. The van der Waals surface area contributed by atoms with Gasteiger partial charge in [0.1, 0.15) is 11.4 Å². The Morgan fingerprint density at radius 3 is 2.72 bits per heavy atom. The number of methoxy groups -OCH3 is 1. The highest BCUT2D eigenvalue weighted by molar-refractivity contribution is 5.76. The van der Waals surface area contributed by atoms with Crippen LogP contribution < -0.4 is 4.74 Å². The Morgan fingerprint density at radius 1 is 1.28 bits per heavy atom. The van der Waals surface area contributed by atoms with Crippen LogP contribution in [0.2, 0.25) is 0 Å². The Kier molecular flexibility index (Phi) is 5.58. The number of amides is 1. The summed E-state index contributed by atoms with van der Waals surface area (Å²) in [5.74, 6) is 0.831. The molecule has 3 rings (SSSR count). The van der Waals surface area contributed by atoms with Crippen molar-refractivity contribution in [2.75, 3.05) is 14.2 Å². The summed E-state index contributed by atoms with van der Waals surface area (Å²) < 4.78 is 12.3. The SMILES string of the molecule is COc1cccc(Cn2cnc3nc(CN(C)C(=O)OC(C)(C)C)nc(O)c32)c1. The number of aromatic hydroxyl groups is 1. The summed E-state index contributed by atoms with van der Waals surface area (Å²) in [6.45, 7) is 5.94. The van der Waals surface area contributed by atoms with Crippen molar-refractivity contribution in [3.05, 3.63) is 42.0 Å². The van der Waals surface area contributed by atoms with Gasteiger partial charge >= 0.3 is 6.09 Å². The van der Waals surface area contributed by atoms with Crippen LogP contribution in [-0.4, -0.2) is 55.4 Å². The molecular weight excluding hydrogens is 374 g/mol. The maximum Gasteiger partial charge on any atom is 0.410 e. The maximum absolute atomic E-state index is 12.1. The van der Waals surface area contributed by atoms with Crippen molar-refractivity contribution in [1.29, 1.82) is 0 Å². The first-order valence-electron chi connectivity index (χ1n) is 9.14. The minimum Gasteiger partial charge on any atom is -0.497 e. The van der Waals surface area contributed by atoms with Crippen LogP contribution in [0, 0.1) is 0 Å². The van der Waals surface area contributed by atoms with E-state index in [2.05, 4.69) is 15.0 Å². The fourth-order valence-electron chi connectivity index (χ4n) is 2.78. The number of ether oxygens (including phenoxy) is 2. The van der Waals surface area contributed by atoms with Crippen LogP contribution in [0.15, 0.2) is 30.6 Å². The van der Waals surface area contributed by atoms with Crippen LogP contribution in [0.25, 0.3) is 11.2 Å². The number of hydrogen-bond acceptors (Lipinski definition) is 7. The summed E-state index contributed by atoms with van der Waals surface area (Å²) in [5, 5.41) is 10.5. The second-order valence-electron chi connectivity index (χ2n) is 7.70. The molecule has 29 heavy (non-hydrogen) atoms. The lowest BCUT2D eigenvalue weighted by Crippen LogP contribution is -2.34. The molecule has 9 nitrogen and oxygen atoms in total. The molecule has 1 aromatic carbocycles. The van der Waals surface area contributed by atoms with Gasteiger partial charge < -0.3 is 24.0 Å². The van der Waals surface area contributed by atoms with Crippen molar-refractivity contribution in [3.8, 4) is 11.6 Å². The fraction of sp³-hybridized carbons (Fsp3) is 0.400. The number of carbonyl (C=O) groups is 1. The second-order valence-corrected chi connectivity index (χ2v) is 7.70. The molecule has 1 N–H and O–H groups in total. The highest BCUT2D eigenvalue weighted by Gasteiger charge is 2.21. The molecule has 3 aromatic rings. The van der Waals surface area contributed by atoms with Gasteiger partial charge in [0, 0.05) is 13.6 Å². The van der Waals surface area contributed by atoms with Crippen LogP contribution in [0.3, 0.4) is 0 Å². The summed E-state index contributed by atoms with van der Waals surface area (Å²) in [6, 6.07) is 7.63. The van der Waals surface area contributed by atoms with Crippen molar-refractivity contribution in [2.24, 2.45) is 0 Å². The molecule has 0 atom stereocenters. The van der Waals surface area contributed by atoms with E-state index in [1.807, 2.05) is 24.3 Å². The van der Waals surface area contributed by atoms with Crippen molar-refractivity contribution in [2.45, 2.75) is 39.5 Å². The van der Waals surface area contributed by atoms with Crippen molar-refractivity contribution >= 4 is 17.3 Å². The lowest BCUT2D eigenvalue weighted by molar-refractivity contribution is 0.0280. The van der Waals surface area contributed by atoms with Gasteiger partial charge in [0.05, 0.1) is 20.0 Å². The third kappa shape index (κ3) is 4.92. The number of fused-ring (bicyclic) bond motifs is 1. The molecule has 2 heterocycles. The first-order valence-corrected chi connectivity index (χ1v) is 9.14. The topological polar surface area (TPSA) is 103 Å². The lowest BCUT2D eigenvalue weighted by atomic mass is 10.2. The molecule has 0 radical (unpaired) electrons. The van der Waals surface area contributed by atoms with Crippen LogP contribution in [0.1, 0.15) is 32.2 Å². The minimum atomic E-state index is -0.600. The van der Waals surface area contributed by atoms with E-state index in [1.165, 1.54) is 4.90 Å². The smallest absolute Gasteiger partial charge is 0.410 e. The number of aromatic nitrogens is 4. The average Bonchev–Trinajstić information content (AvgIpc) is 3.03. The Bertz CT molecular complexity index is 1030. The average molecular weight is 399 g/mol. The zero-order chi connectivity index (χ0) is 21.2. The third-order valence-corrected chi connectivity index (χ3v) is 4.07. The molecule has 0 fully saturated rings. The number of hydrogen-bond donors (Lipinski definition) is 1. The maximum atomic E-state index is 12.1. The summed E-state index contributed by atoms with van der Waals surface area (Å²) >= 11 is 0. The first kappa shape index (κ1) is 20.4. The van der Waals surface area contributed by atoms with E-state index in [4.69, 9.17) is 9.47 Å². The Balaban J connectivity index is 1.81. The molecule has 154 valence electrons. The highest BCUT2D eigenvalue weighted by atomic mass is 16.6. The van der Waals surface area contributed by atoms with Crippen LogP contribution >= 0.6 is 0 Å². The molecule has 0 unspecified atom stereocenters. The molecule has 1 amide bonds. The number of nitrogens with zero attached hydrogens (tertiary/aromatic N) is 5. The van der Waals surface area contributed by atoms with Crippen molar-refractivity contribution in [3.63, 3.8) is 0 Å². The van der Waals surface area contributed by atoms with Crippen LogP contribution in [0.5, 0.6) is 11.6 Å². The number of rotatable bonds is 5. The monoisotopic (exact) mass is 399 g/mol. The predicted molar refractivity (Wildman–Crippen MR) is 107 cm³/mol. The molecule has 0 aliphatic heterocycles. The standard InChI is InChI=1S/C20H25N5O4/c1-20(2,3)29-19(27)24(4)11-15-22-17-16(18(26)23-15)25(12-21-17)10-13-7-6-8-14(9-13)28-5/h6-9,12H,10-11H2,1-5H3,(H,22,23,26). The molecule has 0 bridgehead atoms. The molecule has 0 saturated heterocycles. The van der Waals surface area contributed by atoms with E-state index in [-0.39, 0.29) is 18.2 Å². The van der Waals surface area contributed by atoms with Crippen LogP contribution in [-0.2, 0) is 17.8 Å². The van der Waals surface area contributed by atoms with Gasteiger partial charge in [-0.3, -0.25) is 0 Å². The van der Waals surface area contributed by atoms with E-state index in [0.29, 0.717) is 17.7 Å². The van der Waals surface area contributed by atoms with E-state index in [1.54, 1.807) is 45.8 Å². The van der Waals surface area contributed by atoms with Gasteiger partial charge in [-0.05, 0) is 38.5 Å². The van der Waals surface area contributed by atoms with Gasteiger partial charge in [-0.15, -0.1) is 0 Å². The Labute approximate surface area is 168 Å². The summed E-state index contributed by atoms with van der Waals surface area (Å²) in [6.07, 6.45) is 1.10. The Morgan fingerprint density at radius 2 is 2.03 bits per heavy atom. The van der Waals surface area contributed by atoms with E-state index < -0.39 is 11.7 Å². The third-order valence-electron chi connectivity index (χ3n) is 4.07. The zero-order valence-electron chi connectivity index (χ0n) is 17.2. The molecule has 2 aromatic heterocycles. The largest absolute Gasteiger partial charge is 0.497 e. The van der Waals surface area contributed by atoms with E-state index in [0.717, 1.165) is 11.3 Å². The van der Waals surface area contributed by atoms with E-state index in [9.17, 15) is 9.90 Å². The van der Waals surface area contributed by atoms with Gasteiger partial charge in [0.2, 0.25) is 5.88 Å². The van der Waals surface area contributed by atoms with Gasteiger partial charge in [0.15, 0.2) is 17.0 Å².